The number of nitrogens with two attached hydrogens (primary N) is 3. The molecule has 0 bridgehead atoms. The molecule has 0 aromatic rings. The van der Waals surface area contributed by atoms with Crippen molar-refractivity contribution < 1.29 is 56.4 Å². The van der Waals surface area contributed by atoms with Crippen LogP contribution < -0.4 is 14.7 Å². The van der Waals surface area contributed by atoms with Gasteiger partial charge in [-0.1, -0.05) is 0 Å². The summed E-state index contributed by atoms with van der Waals surface area (Å²) in [5.74, 6) is -7.29. The van der Waals surface area contributed by atoms with Gasteiger partial charge in [-0.3, -0.25) is 0 Å². The van der Waals surface area contributed by atoms with Crippen LogP contribution in [0.3, 0.4) is 0 Å². The van der Waals surface area contributed by atoms with Gasteiger partial charge in [0.25, 0.3) is 0 Å². The second-order valence-corrected chi connectivity index (χ2v) is 42.3. The van der Waals surface area contributed by atoms with Gasteiger partial charge in [-0.15, -0.1) is 0 Å². The minimum absolute atomic E-state index is 0.891. The summed E-state index contributed by atoms with van der Waals surface area (Å²) >= 11 is -8.05. The van der Waals surface area contributed by atoms with Crippen molar-refractivity contribution in [2.24, 2.45) is 14.7 Å². The van der Waals surface area contributed by atoms with Crippen LogP contribution in [0, 0.1) is 0 Å². The zero-order valence-electron chi connectivity index (χ0n) is 12.4. The average molecular weight is 394 g/mol. The van der Waals surface area contributed by atoms with E-state index in [0.29, 0.717) is 0 Å². The molecule has 0 fully saturated rings. The van der Waals surface area contributed by atoms with Gasteiger partial charge in [0.15, 0.2) is 0 Å². The van der Waals surface area contributed by atoms with E-state index in [1.807, 2.05) is 0 Å². The number of carboxylic acids is 4. The molecule has 12 nitrogen and oxygen atoms in total. The maximum atomic E-state index is 11.4. The van der Waals surface area contributed by atoms with E-state index in [2.05, 4.69) is 0 Å². The third-order valence-electron chi connectivity index (χ3n) is 6.86. The molecule has 1 unspecified atom stereocenters. The van der Waals surface area contributed by atoms with Crippen molar-refractivity contribution in [1.82, 2.24) is 0 Å². The molecule has 0 aliphatic heterocycles. The van der Waals surface area contributed by atoms with E-state index in [0.717, 1.165) is 0 Å². The summed E-state index contributed by atoms with van der Waals surface area (Å²) < 4.78 is 10.0. The van der Waals surface area contributed by atoms with Gasteiger partial charge in [0, 0.05) is 0 Å². The Hall–Kier alpha value is -1.66. The van der Waals surface area contributed by atoms with E-state index in [1.54, 1.807) is 0 Å². The number of hydrogen-bond donors (Lipinski definition) is 8. The van der Waals surface area contributed by atoms with Gasteiger partial charge in [-0.05, 0) is 0 Å². The number of carboxylic acid groups (broad SMARTS) is 4. The number of aliphatic hydroxyl groups is 1. The Morgan fingerprint density at radius 3 is 1.09 bits per heavy atom. The van der Waals surface area contributed by atoms with Crippen molar-refractivity contribution in [2.75, 3.05) is 6.54 Å². The molecule has 1 atom stereocenters. The van der Waals surface area contributed by atoms with Crippen molar-refractivity contribution >= 4 is 23.9 Å². The molecule has 0 saturated carbocycles. The molecule has 0 aromatic heterocycles. The molecular formula is C10H22N3O9Zn. The first kappa shape index (κ1) is 21.3. The minimum atomic E-state index is -8.05. The zero-order chi connectivity index (χ0) is 18.8. The van der Waals surface area contributed by atoms with Crippen molar-refractivity contribution in [3.05, 3.63) is 0 Å². The Bertz CT molecular complexity index is 523. The van der Waals surface area contributed by atoms with Crippen LogP contribution in [0.1, 0.15) is 0 Å². The SMILES string of the molecule is NC[CH](O)[Zn]([NH2])([NH2])([CH2]C(=O)O)([CH2]C(=O)O)([CH2]C(=O)O)[CH2]C(=O)O. The monoisotopic (exact) mass is 392 g/mol. The molecule has 0 aromatic carbocycles. The number of aliphatic hydroxyl groups excluding tert-OH is 1. The van der Waals surface area contributed by atoms with E-state index in [9.17, 15) is 44.7 Å². The van der Waals surface area contributed by atoms with Crippen LogP contribution in [-0.4, -0.2) is 60.7 Å². The van der Waals surface area contributed by atoms with Crippen LogP contribution in [-0.2, 0) is 30.9 Å². The molecule has 0 heterocycles. The zero-order valence-corrected chi connectivity index (χ0v) is 15.4. The van der Waals surface area contributed by atoms with Crippen LogP contribution in [0.25, 0.3) is 0 Å². The predicted molar refractivity (Wildman–Crippen MR) is 73.2 cm³/mol. The molecule has 0 aliphatic rings. The maximum absolute atomic E-state index is 11.4. The Morgan fingerprint density at radius 2 is 0.957 bits per heavy atom. The van der Waals surface area contributed by atoms with Crippen LogP contribution >= 0.6 is 0 Å². The number of hydrogen-bond acceptors (Lipinski definition) is 8. The average Bonchev–Trinajstić information content (AvgIpc) is 2.21. The van der Waals surface area contributed by atoms with Gasteiger partial charge >= 0.3 is 126 Å². The van der Waals surface area contributed by atoms with Gasteiger partial charge in [-0.2, -0.15) is 0 Å². The molecular weight excluding hydrogens is 372 g/mol. The molecule has 0 aliphatic carbocycles. The number of rotatable bonds is 10. The first-order chi connectivity index (χ1) is 9.99. The molecule has 0 radical (unpaired) electrons. The Morgan fingerprint density at radius 1 is 0.739 bits per heavy atom. The van der Waals surface area contributed by atoms with E-state index in [4.69, 9.17) is 14.7 Å². The summed E-state index contributed by atoms with van der Waals surface area (Å²) in [4.78, 5) is 45.4. The Kier molecular flexibility index (Phi) is 4.56. The molecule has 0 saturated heterocycles. The Balaban J connectivity index is 7.30. The van der Waals surface area contributed by atoms with Crippen LogP contribution in [0.15, 0.2) is 0 Å². The molecule has 11 N–H and O–H groups in total. The van der Waals surface area contributed by atoms with Crippen molar-refractivity contribution in [3.63, 3.8) is 0 Å². The third kappa shape index (κ3) is 3.48. The van der Waals surface area contributed by atoms with Crippen molar-refractivity contribution in [3.8, 4) is 0 Å². The molecule has 0 rings (SSSR count). The summed E-state index contributed by atoms with van der Waals surface area (Å²) in [6.07, 6.45) is 0. The van der Waals surface area contributed by atoms with Crippen molar-refractivity contribution in [1.29, 1.82) is 0 Å². The van der Waals surface area contributed by atoms with E-state index in [1.165, 1.54) is 0 Å². The van der Waals surface area contributed by atoms with Gasteiger partial charge in [-0.25, -0.2) is 0 Å². The normalized spacial score (nSPS) is 17.8. The first-order valence-corrected chi connectivity index (χ1v) is 21.0. The summed E-state index contributed by atoms with van der Waals surface area (Å²) in [6.45, 7) is -0.891. The second-order valence-electron chi connectivity index (χ2n) is 9.76. The molecule has 13 heteroatoms. The van der Waals surface area contributed by atoms with Crippen LogP contribution in [0.2, 0.25) is 20.1 Å². The van der Waals surface area contributed by atoms with Crippen LogP contribution in [0.4, 0.5) is 0 Å². The van der Waals surface area contributed by atoms with E-state index < -0.39 is 66.9 Å². The predicted octanol–water partition coefficient (Wildman–Crippen LogP) is -2.22. The fourth-order valence-electron chi connectivity index (χ4n) is 5.16. The van der Waals surface area contributed by atoms with Gasteiger partial charge in [0.2, 0.25) is 0 Å². The second kappa shape index (κ2) is 4.92. The molecule has 23 heavy (non-hydrogen) atoms. The van der Waals surface area contributed by atoms with Gasteiger partial charge in [0.1, 0.15) is 0 Å². The van der Waals surface area contributed by atoms with Crippen molar-refractivity contribution in [2.45, 2.75) is 24.8 Å². The third-order valence-corrected chi connectivity index (χ3v) is 35.2. The van der Waals surface area contributed by atoms with Gasteiger partial charge < -0.3 is 0 Å². The topological polar surface area (TPSA) is 247 Å². The summed E-state index contributed by atoms with van der Waals surface area (Å²) in [7, 11) is 0. The molecule has 0 spiro atoms. The fraction of sp³-hybridized carbons (Fsp3) is 0.600. The van der Waals surface area contributed by atoms with Crippen LogP contribution in [0.5, 0.6) is 0 Å². The molecule has 0 amide bonds. The van der Waals surface area contributed by atoms with E-state index in [-0.39, 0.29) is 0 Å². The summed E-state index contributed by atoms with van der Waals surface area (Å²) in [5, 5.41) is 41.2. The van der Waals surface area contributed by atoms with Gasteiger partial charge in [0.05, 0.1) is 0 Å². The first-order valence-electron chi connectivity index (χ1n) is 7.42. The Labute approximate surface area is 127 Å². The fourth-order valence-corrected chi connectivity index (χ4v) is 26.8. The summed E-state index contributed by atoms with van der Waals surface area (Å²) in [6, 6.07) is 0. The summed E-state index contributed by atoms with van der Waals surface area (Å²) in [5.41, 5.74) is 5.28. The number of aliphatic carboxylic acids is 4. The standard InChI is InChI=1S/C2H6NO.4C2H3O2.2H2N.Zn/c3-1-2-4;4*1-2(3)4;;;/h2,4H,1,3H2;4*1H2,(H,3,4);2*1H2;/q;;;;;2*-1;+2. The molecule has 133 valence electrons. The van der Waals surface area contributed by atoms with E-state index >= 15 is 0 Å². The quantitative estimate of drug-likeness (QED) is 0.184. The number of carbonyl (C=O) groups is 4.